The van der Waals surface area contributed by atoms with Crippen molar-refractivity contribution in [2.24, 2.45) is 0 Å². The molecule has 0 aliphatic carbocycles. The highest BCUT2D eigenvalue weighted by atomic mass is 35.5. The van der Waals surface area contributed by atoms with E-state index in [1.54, 1.807) is 48.5 Å². The number of hydrogen-bond donors (Lipinski definition) is 2. The average molecular weight is 492 g/mol. The summed E-state index contributed by atoms with van der Waals surface area (Å²) in [5.74, 6) is -1.35. The molecule has 0 saturated carbocycles. The lowest BCUT2D eigenvalue weighted by Crippen LogP contribution is -2.29. The highest BCUT2D eigenvalue weighted by Crippen LogP contribution is 2.46. The van der Waals surface area contributed by atoms with Crippen molar-refractivity contribution in [3.8, 4) is 17.2 Å². The number of hydrogen-bond acceptors (Lipinski definition) is 6. The number of aromatic hydroxyl groups is 1. The molecule has 178 valence electrons. The Morgan fingerprint density at radius 2 is 1.89 bits per heavy atom. The molecule has 7 nitrogen and oxygen atoms in total. The Morgan fingerprint density at radius 3 is 2.63 bits per heavy atom. The second-order valence-electron chi connectivity index (χ2n) is 8.33. The van der Waals surface area contributed by atoms with Crippen molar-refractivity contribution in [3.05, 3.63) is 87.9 Å². The number of aryl methyl sites for hydroxylation is 1. The van der Waals surface area contributed by atoms with Gasteiger partial charge in [-0.1, -0.05) is 29.8 Å². The maximum atomic E-state index is 13.3. The first-order valence-corrected chi connectivity index (χ1v) is 11.5. The Bertz CT molecular complexity index is 1370. The Morgan fingerprint density at radius 1 is 1.11 bits per heavy atom. The first kappa shape index (κ1) is 22.8. The summed E-state index contributed by atoms with van der Waals surface area (Å²) in [5.41, 5.74) is 2.11. The number of carbonyl (C=O) groups is 2. The number of amides is 1. The molecule has 8 heteroatoms. The zero-order chi connectivity index (χ0) is 24.7. The van der Waals surface area contributed by atoms with Crippen LogP contribution in [0.25, 0.3) is 5.76 Å². The van der Waals surface area contributed by atoms with Crippen LogP contribution in [0.1, 0.15) is 29.2 Å². The second kappa shape index (κ2) is 9.00. The van der Waals surface area contributed by atoms with E-state index in [2.05, 4.69) is 0 Å². The van der Waals surface area contributed by atoms with Crippen molar-refractivity contribution in [2.75, 3.05) is 18.6 Å². The molecule has 2 aliphatic rings. The third-order valence-electron chi connectivity index (χ3n) is 6.25. The van der Waals surface area contributed by atoms with Gasteiger partial charge < -0.3 is 19.7 Å². The average Bonchev–Trinajstić information content (AvgIpc) is 3.15. The van der Waals surface area contributed by atoms with Gasteiger partial charge in [-0.15, -0.1) is 0 Å². The molecule has 2 aliphatic heterocycles. The maximum absolute atomic E-state index is 13.3. The van der Waals surface area contributed by atoms with Crippen molar-refractivity contribution in [1.82, 2.24) is 0 Å². The molecule has 2 heterocycles. The molecule has 35 heavy (non-hydrogen) atoms. The van der Waals surface area contributed by atoms with Crippen LogP contribution in [-0.4, -0.2) is 35.6 Å². The van der Waals surface area contributed by atoms with E-state index in [0.717, 1.165) is 24.2 Å². The van der Waals surface area contributed by atoms with E-state index >= 15 is 0 Å². The number of nitrogens with zero attached hydrogens (tertiary/aromatic N) is 1. The first-order chi connectivity index (χ1) is 16.9. The van der Waals surface area contributed by atoms with Crippen LogP contribution >= 0.6 is 11.6 Å². The minimum atomic E-state index is -1.00. The molecule has 2 N–H and O–H groups in total. The van der Waals surface area contributed by atoms with Crippen molar-refractivity contribution in [2.45, 2.75) is 18.9 Å². The molecular weight excluding hydrogens is 470 g/mol. The third kappa shape index (κ3) is 3.88. The lowest BCUT2D eigenvalue weighted by molar-refractivity contribution is -0.132. The van der Waals surface area contributed by atoms with E-state index < -0.39 is 17.7 Å². The van der Waals surface area contributed by atoms with E-state index in [-0.39, 0.29) is 27.9 Å². The molecule has 3 aromatic rings. The van der Waals surface area contributed by atoms with Crippen LogP contribution in [0, 0.1) is 0 Å². The molecule has 3 aromatic carbocycles. The number of rotatable bonds is 4. The molecule has 0 bridgehead atoms. The number of halogens is 1. The fraction of sp³-hybridized carbons (Fsp3) is 0.185. The fourth-order valence-electron chi connectivity index (χ4n) is 4.57. The molecule has 1 saturated heterocycles. The minimum absolute atomic E-state index is 0.0103. The zero-order valence-corrected chi connectivity index (χ0v) is 19.6. The topological polar surface area (TPSA) is 96.3 Å². The lowest BCUT2D eigenvalue weighted by Gasteiger charge is -2.26. The molecule has 1 unspecified atom stereocenters. The predicted molar refractivity (Wildman–Crippen MR) is 131 cm³/mol. The summed E-state index contributed by atoms with van der Waals surface area (Å²) in [7, 11) is 1.37. The van der Waals surface area contributed by atoms with Crippen LogP contribution in [0.2, 0.25) is 5.02 Å². The van der Waals surface area contributed by atoms with Crippen LogP contribution in [0.5, 0.6) is 17.2 Å². The van der Waals surface area contributed by atoms with Gasteiger partial charge in [-0.25, -0.2) is 0 Å². The lowest BCUT2D eigenvalue weighted by atomic mass is 9.93. The molecule has 0 spiro atoms. The maximum Gasteiger partial charge on any atom is 0.300 e. The Hall–Kier alpha value is -3.97. The smallest absolute Gasteiger partial charge is 0.300 e. The van der Waals surface area contributed by atoms with Gasteiger partial charge in [0.25, 0.3) is 11.7 Å². The normalized spacial score (nSPS) is 18.8. The van der Waals surface area contributed by atoms with Gasteiger partial charge in [-0.3, -0.25) is 14.5 Å². The van der Waals surface area contributed by atoms with Gasteiger partial charge in [0.15, 0.2) is 11.5 Å². The molecule has 5 rings (SSSR count). The number of ketones is 1. The van der Waals surface area contributed by atoms with Crippen LogP contribution < -0.4 is 14.4 Å². The molecule has 1 fully saturated rings. The van der Waals surface area contributed by atoms with Crippen LogP contribution in [-0.2, 0) is 16.0 Å². The molecule has 1 amide bonds. The summed E-state index contributed by atoms with van der Waals surface area (Å²) < 4.78 is 10.9. The Labute approximate surface area is 206 Å². The summed E-state index contributed by atoms with van der Waals surface area (Å²) in [6.07, 6.45) is 1.63. The van der Waals surface area contributed by atoms with Crippen molar-refractivity contribution in [1.29, 1.82) is 0 Å². The summed E-state index contributed by atoms with van der Waals surface area (Å²) in [4.78, 5) is 27.9. The van der Waals surface area contributed by atoms with E-state index in [0.29, 0.717) is 23.4 Å². The standard InChI is InChI=1S/C27H22ClNO6/c1-34-21-14-17(13-19(28)25(21)31)23-22(26(32)27(33)29(23)18-7-3-2-4-8-18)24(30)16-9-10-20-15(12-16)6-5-11-35-20/h2-4,7-10,12-14,23,30-31H,5-6,11H2,1H3/b24-22-. The number of para-hydroxylation sites is 1. The summed E-state index contributed by atoms with van der Waals surface area (Å²) in [6.45, 7) is 0.629. The number of carbonyl (C=O) groups excluding carboxylic acids is 2. The number of benzene rings is 3. The number of phenols is 1. The summed E-state index contributed by atoms with van der Waals surface area (Å²) >= 11 is 6.26. The highest BCUT2D eigenvalue weighted by Gasteiger charge is 2.47. The van der Waals surface area contributed by atoms with Gasteiger partial charge >= 0.3 is 0 Å². The van der Waals surface area contributed by atoms with Crippen LogP contribution in [0.4, 0.5) is 5.69 Å². The molecular formula is C27H22ClNO6. The first-order valence-electron chi connectivity index (χ1n) is 11.1. The van der Waals surface area contributed by atoms with Gasteiger partial charge in [-0.05, 0) is 66.4 Å². The van der Waals surface area contributed by atoms with Gasteiger partial charge in [-0.2, -0.15) is 0 Å². The number of anilines is 1. The van der Waals surface area contributed by atoms with E-state index in [1.165, 1.54) is 24.1 Å². The second-order valence-corrected chi connectivity index (χ2v) is 8.74. The number of ether oxygens (including phenoxy) is 2. The van der Waals surface area contributed by atoms with E-state index in [1.807, 2.05) is 0 Å². The monoisotopic (exact) mass is 491 g/mol. The van der Waals surface area contributed by atoms with Gasteiger partial charge in [0.05, 0.1) is 30.4 Å². The highest BCUT2D eigenvalue weighted by molar-refractivity contribution is 6.51. The third-order valence-corrected chi connectivity index (χ3v) is 6.54. The zero-order valence-electron chi connectivity index (χ0n) is 18.8. The van der Waals surface area contributed by atoms with Crippen LogP contribution in [0.15, 0.2) is 66.2 Å². The molecule has 0 aromatic heterocycles. The Kier molecular flexibility index (Phi) is 5.86. The van der Waals surface area contributed by atoms with E-state index in [4.69, 9.17) is 21.1 Å². The van der Waals surface area contributed by atoms with Crippen molar-refractivity contribution in [3.63, 3.8) is 0 Å². The number of fused-ring (bicyclic) bond motifs is 1. The van der Waals surface area contributed by atoms with Crippen molar-refractivity contribution >= 4 is 34.7 Å². The predicted octanol–water partition coefficient (Wildman–Crippen LogP) is 5.01. The SMILES string of the molecule is COc1cc(C2/C(=C(/O)c3ccc4c(c3)CCCO4)C(=O)C(=O)N2c2ccccc2)cc(Cl)c1O. The number of phenolic OH excluding ortho intramolecular Hbond substituents is 1. The largest absolute Gasteiger partial charge is 0.507 e. The minimum Gasteiger partial charge on any atom is -0.507 e. The summed E-state index contributed by atoms with van der Waals surface area (Å²) in [5, 5.41) is 21.6. The van der Waals surface area contributed by atoms with Crippen LogP contribution in [0.3, 0.4) is 0 Å². The fourth-order valence-corrected chi connectivity index (χ4v) is 4.79. The van der Waals surface area contributed by atoms with Gasteiger partial charge in [0.1, 0.15) is 11.5 Å². The number of Topliss-reactive ketones (excluding diaryl/α,β-unsaturated/α-hetero) is 1. The molecule has 0 radical (unpaired) electrons. The van der Waals surface area contributed by atoms with Gasteiger partial charge in [0.2, 0.25) is 0 Å². The number of aliphatic hydroxyl groups excluding tert-OH is 1. The molecule has 1 atom stereocenters. The number of aliphatic hydroxyl groups is 1. The summed E-state index contributed by atoms with van der Waals surface area (Å²) in [6, 6.07) is 15.9. The number of methoxy groups -OCH3 is 1. The Balaban J connectivity index is 1.73. The van der Waals surface area contributed by atoms with E-state index in [9.17, 15) is 19.8 Å². The quantitative estimate of drug-likeness (QED) is 0.303. The van der Waals surface area contributed by atoms with Crippen molar-refractivity contribution < 1.29 is 29.3 Å². The van der Waals surface area contributed by atoms with Gasteiger partial charge in [0, 0.05) is 11.3 Å².